The van der Waals surface area contributed by atoms with E-state index in [1.54, 1.807) is 0 Å². The van der Waals surface area contributed by atoms with Gasteiger partial charge in [-0.3, -0.25) is 0 Å². The van der Waals surface area contributed by atoms with Crippen LogP contribution in [-0.2, 0) is 11.3 Å². The van der Waals surface area contributed by atoms with Gasteiger partial charge in [-0.1, -0.05) is 37.6 Å². The summed E-state index contributed by atoms with van der Waals surface area (Å²) in [5.41, 5.74) is 10.0. The smallest absolute Gasteiger partial charge is 0.0795 e. The molecule has 0 aliphatic carbocycles. The maximum absolute atomic E-state index is 6.24. The Balaban J connectivity index is 2.36. The van der Waals surface area contributed by atoms with Crippen molar-refractivity contribution in [1.82, 2.24) is 0 Å². The Morgan fingerprint density at radius 1 is 1.40 bits per heavy atom. The van der Waals surface area contributed by atoms with E-state index in [0.717, 1.165) is 0 Å². The second-order valence-corrected chi connectivity index (χ2v) is 4.75. The van der Waals surface area contributed by atoms with E-state index in [9.17, 15) is 0 Å². The van der Waals surface area contributed by atoms with Crippen LogP contribution >= 0.6 is 0 Å². The lowest BCUT2D eigenvalue weighted by atomic mass is 9.88. The van der Waals surface area contributed by atoms with Crippen molar-refractivity contribution < 1.29 is 4.74 Å². The average Bonchev–Trinajstić information content (AvgIpc) is 2.19. The molecule has 2 heteroatoms. The van der Waals surface area contributed by atoms with Gasteiger partial charge in [0.1, 0.15) is 0 Å². The number of aryl methyl sites for hydroxylation is 1. The van der Waals surface area contributed by atoms with Gasteiger partial charge in [0, 0.05) is 0 Å². The molecule has 2 rings (SSSR count). The summed E-state index contributed by atoms with van der Waals surface area (Å²) in [4.78, 5) is 0. The highest BCUT2D eigenvalue weighted by Gasteiger charge is 2.29. The van der Waals surface area contributed by atoms with Gasteiger partial charge in [0.2, 0.25) is 0 Å². The molecule has 1 aliphatic heterocycles. The molecule has 2 atom stereocenters. The number of rotatable bonds is 1. The quantitative estimate of drug-likeness (QED) is 0.764. The van der Waals surface area contributed by atoms with E-state index < -0.39 is 0 Å². The van der Waals surface area contributed by atoms with Gasteiger partial charge < -0.3 is 10.5 Å². The number of hydrogen-bond acceptors (Lipinski definition) is 2. The first-order chi connectivity index (χ1) is 7.09. The first-order valence-electron chi connectivity index (χ1n) is 5.56. The van der Waals surface area contributed by atoms with E-state index in [1.165, 1.54) is 16.7 Å². The Kier molecular flexibility index (Phi) is 2.81. The highest BCUT2D eigenvalue weighted by atomic mass is 16.5. The largest absolute Gasteiger partial charge is 0.371 e. The highest BCUT2D eigenvalue weighted by molar-refractivity contribution is 5.35. The molecule has 0 fully saturated rings. The predicted molar refractivity (Wildman–Crippen MR) is 61.5 cm³/mol. The minimum atomic E-state index is 0.0219. The minimum Gasteiger partial charge on any atom is -0.371 e. The Labute approximate surface area is 91.4 Å². The zero-order valence-corrected chi connectivity index (χ0v) is 9.66. The van der Waals surface area contributed by atoms with E-state index in [1.807, 2.05) is 0 Å². The number of fused-ring (bicyclic) bond motifs is 1. The van der Waals surface area contributed by atoms with Crippen LogP contribution in [0.5, 0.6) is 0 Å². The third-order valence-electron chi connectivity index (χ3n) is 3.10. The first-order valence-corrected chi connectivity index (χ1v) is 5.56. The van der Waals surface area contributed by atoms with Crippen LogP contribution < -0.4 is 5.73 Å². The molecular weight excluding hydrogens is 186 g/mol. The van der Waals surface area contributed by atoms with Crippen molar-refractivity contribution in [1.29, 1.82) is 0 Å². The van der Waals surface area contributed by atoms with E-state index >= 15 is 0 Å². The van der Waals surface area contributed by atoms with Crippen molar-refractivity contribution in [2.45, 2.75) is 39.5 Å². The van der Waals surface area contributed by atoms with E-state index in [2.05, 4.69) is 39.0 Å². The lowest BCUT2D eigenvalue weighted by Gasteiger charge is -2.34. The fraction of sp³-hybridized carbons (Fsp3) is 0.538. The van der Waals surface area contributed by atoms with Gasteiger partial charge in [-0.15, -0.1) is 0 Å². The molecule has 0 bridgehead atoms. The summed E-state index contributed by atoms with van der Waals surface area (Å²) in [6.45, 7) is 7.12. The second-order valence-electron chi connectivity index (χ2n) is 4.75. The molecule has 2 nitrogen and oxygen atoms in total. The van der Waals surface area contributed by atoms with Crippen LogP contribution in [0.2, 0.25) is 0 Å². The Hall–Kier alpha value is -0.860. The minimum absolute atomic E-state index is 0.0219. The fourth-order valence-electron chi connectivity index (χ4n) is 2.23. The molecule has 82 valence electrons. The van der Waals surface area contributed by atoms with Gasteiger partial charge in [-0.25, -0.2) is 0 Å². The van der Waals surface area contributed by atoms with E-state index in [4.69, 9.17) is 10.5 Å². The van der Waals surface area contributed by atoms with Crippen molar-refractivity contribution in [2.24, 2.45) is 11.7 Å². The molecule has 1 aromatic rings. The molecular formula is C13H19NO. The Bertz CT molecular complexity index is 360. The average molecular weight is 205 g/mol. The van der Waals surface area contributed by atoms with Gasteiger partial charge in [-0.05, 0) is 24.0 Å². The van der Waals surface area contributed by atoms with Crippen molar-refractivity contribution >= 4 is 0 Å². The van der Waals surface area contributed by atoms with Gasteiger partial charge in [0.15, 0.2) is 0 Å². The highest BCUT2D eigenvalue weighted by Crippen LogP contribution is 2.31. The van der Waals surface area contributed by atoms with Crippen LogP contribution in [0.4, 0.5) is 0 Å². The molecule has 15 heavy (non-hydrogen) atoms. The number of hydrogen-bond donors (Lipinski definition) is 1. The maximum Gasteiger partial charge on any atom is 0.0795 e. The number of benzene rings is 1. The van der Waals surface area contributed by atoms with Gasteiger partial charge >= 0.3 is 0 Å². The molecule has 0 saturated carbocycles. The number of ether oxygens (including phenoxy) is 1. The SMILES string of the molecule is Cc1ccc2c(c1)[C@H](N)[C@@H](C(C)C)OC2. The Morgan fingerprint density at radius 2 is 2.13 bits per heavy atom. The molecule has 0 aromatic heterocycles. The summed E-state index contributed by atoms with van der Waals surface area (Å²) in [5.74, 6) is 0.466. The molecule has 0 radical (unpaired) electrons. The van der Waals surface area contributed by atoms with Crippen molar-refractivity contribution in [3.8, 4) is 0 Å². The molecule has 1 heterocycles. The lowest BCUT2D eigenvalue weighted by Crippen LogP contribution is -2.37. The second kappa shape index (κ2) is 3.95. The first kappa shape index (κ1) is 10.7. The third-order valence-corrected chi connectivity index (χ3v) is 3.10. The van der Waals surface area contributed by atoms with Crippen molar-refractivity contribution in [3.63, 3.8) is 0 Å². The molecule has 1 aliphatic rings. The standard InChI is InChI=1S/C13H19NO/c1-8(2)13-12(14)11-6-9(3)4-5-10(11)7-15-13/h4-6,8,12-13H,7,14H2,1-3H3/t12-,13+/m0/s1. The topological polar surface area (TPSA) is 35.2 Å². The monoisotopic (exact) mass is 205 g/mol. The van der Waals surface area contributed by atoms with Gasteiger partial charge in [0.25, 0.3) is 0 Å². The molecule has 2 N–H and O–H groups in total. The maximum atomic E-state index is 6.24. The molecule has 0 spiro atoms. The Morgan fingerprint density at radius 3 is 2.80 bits per heavy atom. The summed E-state index contributed by atoms with van der Waals surface area (Å²) < 4.78 is 5.79. The van der Waals surface area contributed by atoms with E-state index in [0.29, 0.717) is 12.5 Å². The van der Waals surface area contributed by atoms with Crippen molar-refractivity contribution in [2.75, 3.05) is 0 Å². The normalized spacial score (nSPS) is 25.4. The predicted octanol–water partition coefficient (Wildman–Crippen LogP) is 2.55. The van der Waals surface area contributed by atoms with E-state index in [-0.39, 0.29) is 12.1 Å². The summed E-state index contributed by atoms with van der Waals surface area (Å²) in [6, 6.07) is 6.46. The van der Waals surface area contributed by atoms with Crippen molar-refractivity contribution in [3.05, 3.63) is 34.9 Å². The zero-order valence-electron chi connectivity index (χ0n) is 9.66. The summed E-state index contributed by atoms with van der Waals surface area (Å²) in [5, 5.41) is 0. The molecule has 1 aromatic carbocycles. The molecule has 0 unspecified atom stereocenters. The van der Waals surface area contributed by atoms with Crippen LogP contribution in [0, 0.1) is 12.8 Å². The van der Waals surface area contributed by atoms with Gasteiger partial charge in [-0.2, -0.15) is 0 Å². The summed E-state index contributed by atoms with van der Waals surface area (Å²) in [7, 11) is 0. The fourth-order valence-corrected chi connectivity index (χ4v) is 2.23. The third kappa shape index (κ3) is 1.92. The van der Waals surface area contributed by atoms with Crippen LogP contribution in [-0.4, -0.2) is 6.10 Å². The summed E-state index contributed by atoms with van der Waals surface area (Å²) >= 11 is 0. The van der Waals surface area contributed by atoms with Crippen LogP contribution in [0.3, 0.4) is 0 Å². The lowest BCUT2D eigenvalue weighted by molar-refractivity contribution is -0.0195. The van der Waals surface area contributed by atoms with Gasteiger partial charge in [0.05, 0.1) is 18.8 Å². The van der Waals surface area contributed by atoms with Crippen LogP contribution in [0.15, 0.2) is 18.2 Å². The van der Waals surface area contributed by atoms with Crippen LogP contribution in [0.1, 0.15) is 36.6 Å². The number of nitrogens with two attached hydrogens (primary N) is 1. The molecule has 0 amide bonds. The summed E-state index contributed by atoms with van der Waals surface area (Å²) in [6.07, 6.45) is 0.152. The zero-order chi connectivity index (χ0) is 11.0. The van der Waals surface area contributed by atoms with Crippen LogP contribution in [0.25, 0.3) is 0 Å². The molecule has 0 saturated heterocycles.